The first-order valence-corrected chi connectivity index (χ1v) is 8.91. The highest BCUT2D eigenvalue weighted by atomic mass is 19.1. The highest BCUT2D eigenvalue weighted by Gasteiger charge is 2.07. The van der Waals surface area contributed by atoms with Crippen LogP contribution in [0.2, 0.25) is 0 Å². The van der Waals surface area contributed by atoms with E-state index in [1.807, 2.05) is 24.3 Å². The van der Waals surface area contributed by atoms with Crippen LogP contribution in [-0.2, 0) is 13.1 Å². The largest absolute Gasteiger partial charge is 0.334 e. The van der Waals surface area contributed by atoms with Crippen molar-refractivity contribution in [3.63, 3.8) is 0 Å². The Labute approximate surface area is 166 Å². The Kier molecular flexibility index (Phi) is 5.28. The Morgan fingerprint density at radius 1 is 1.00 bits per heavy atom. The summed E-state index contributed by atoms with van der Waals surface area (Å²) in [5.74, 6) is -0.382. The molecule has 2 aromatic carbocycles. The minimum absolute atomic E-state index is 0.214. The lowest BCUT2D eigenvalue weighted by Gasteiger charge is -2.10. The quantitative estimate of drug-likeness (QED) is 0.529. The van der Waals surface area contributed by atoms with E-state index < -0.39 is 0 Å². The van der Waals surface area contributed by atoms with Gasteiger partial charge in [-0.1, -0.05) is 18.2 Å². The average Bonchev–Trinajstić information content (AvgIpc) is 3.45. The molecule has 0 atom stereocenters. The lowest BCUT2D eigenvalue weighted by molar-refractivity contribution is 0.240. The van der Waals surface area contributed by atoms with Gasteiger partial charge in [0.1, 0.15) is 18.5 Å². The van der Waals surface area contributed by atoms with Crippen LogP contribution in [0.1, 0.15) is 11.1 Å². The molecular formula is C20H18FN7O. The number of carbonyl (C=O) groups excluding carboxylic acids is 1. The van der Waals surface area contributed by atoms with Crippen molar-refractivity contribution in [2.24, 2.45) is 0 Å². The lowest BCUT2D eigenvalue weighted by atomic mass is 10.2. The monoisotopic (exact) mass is 391 g/mol. The topological polar surface area (TPSA) is 89.7 Å². The SMILES string of the molecule is O=C(NCc1cccc(-n2cncn2)c1)NCc1ccc(-n2ccnc2)c(F)c1. The summed E-state index contributed by atoms with van der Waals surface area (Å²) >= 11 is 0. The number of amides is 2. The second-order valence-electron chi connectivity index (χ2n) is 6.30. The molecule has 0 aliphatic rings. The average molecular weight is 391 g/mol. The predicted octanol–water partition coefficient (Wildman–Crippen LogP) is 2.59. The summed E-state index contributed by atoms with van der Waals surface area (Å²) in [6.45, 7) is 0.564. The zero-order valence-corrected chi connectivity index (χ0v) is 15.4. The molecule has 2 amide bonds. The number of hydrogen-bond donors (Lipinski definition) is 2. The third-order valence-electron chi connectivity index (χ3n) is 4.29. The Balaban J connectivity index is 1.30. The molecule has 0 saturated heterocycles. The van der Waals surface area contributed by atoms with Crippen molar-refractivity contribution < 1.29 is 9.18 Å². The number of rotatable bonds is 6. The van der Waals surface area contributed by atoms with Gasteiger partial charge in [0.05, 0.1) is 17.7 Å². The van der Waals surface area contributed by atoms with Crippen LogP contribution in [0.3, 0.4) is 0 Å². The number of urea groups is 1. The van der Waals surface area contributed by atoms with Crippen molar-refractivity contribution in [1.29, 1.82) is 0 Å². The minimum Gasteiger partial charge on any atom is -0.334 e. The van der Waals surface area contributed by atoms with E-state index in [-0.39, 0.29) is 18.4 Å². The van der Waals surface area contributed by atoms with Gasteiger partial charge in [-0.15, -0.1) is 0 Å². The number of hydrogen-bond acceptors (Lipinski definition) is 4. The predicted molar refractivity (Wildman–Crippen MR) is 104 cm³/mol. The van der Waals surface area contributed by atoms with Crippen LogP contribution in [-0.4, -0.2) is 30.3 Å². The standard InChI is InChI=1S/C20H18FN7O/c21-18-9-16(4-5-19(18)27-7-6-22-13-27)11-25-20(29)24-10-15-2-1-3-17(8-15)28-14-23-12-26-28/h1-9,12-14H,10-11H2,(H2,24,25,29). The molecule has 146 valence electrons. The second kappa shape index (κ2) is 8.34. The molecular weight excluding hydrogens is 373 g/mol. The van der Waals surface area contributed by atoms with E-state index in [9.17, 15) is 9.18 Å². The molecule has 2 aromatic heterocycles. The van der Waals surface area contributed by atoms with Crippen molar-refractivity contribution in [1.82, 2.24) is 34.9 Å². The highest BCUT2D eigenvalue weighted by molar-refractivity contribution is 5.73. The van der Waals surface area contributed by atoms with Gasteiger partial charge in [-0.3, -0.25) is 0 Å². The van der Waals surface area contributed by atoms with Crippen LogP contribution in [0.25, 0.3) is 11.4 Å². The maximum Gasteiger partial charge on any atom is 0.315 e. The zero-order chi connectivity index (χ0) is 20.1. The van der Waals surface area contributed by atoms with Crippen molar-refractivity contribution in [2.75, 3.05) is 0 Å². The number of aromatic nitrogens is 5. The third kappa shape index (κ3) is 4.46. The maximum absolute atomic E-state index is 14.3. The van der Waals surface area contributed by atoms with Crippen LogP contribution >= 0.6 is 0 Å². The van der Waals surface area contributed by atoms with E-state index in [1.165, 1.54) is 18.7 Å². The number of nitrogens with one attached hydrogen (secondary N) is 2. The maximum atomic E-state index is 14.3. The van der Waals surface area contributed by atoms with Gasteiger partial charge in [-0.2, -0.15) is 5.10 Å². The fraction of sp³-hybridized carbons (Fsp3) is 0.100. The van der Waals surface area contributed by atoms with Gasteiger partial charge in [0.15, 0.2) is 0 Å². The summed E-state index contributed by atoms with van der Waals surface area (Å²) in [7, 11) is 0. The number of halogens is 1. The Morgan fingerprint density at radius 3 is 2.52 bits per heavy atom. The van der Waals surface area contributed by atoms with Gasteiger partial charge in [0.2, 0.25) is 0 Å². The summed E-state index contributed by atoms with van der Waals surface area (Å²) in [4.78, 5) is 19.9. The van der Waals surface area contributed by atoms with Gasteiger partial charge in [-0.05, 0) is 35.4 Å². The zero-order valence-electron chi connectivity index (χ0n) is 15.4. The van der Waals surface area contributed by atoms with Crippen molar-refractivity contribution in [3.05, 3.63) is 90.8 Å². The van der Waals surface area contributed by atoms with E-state index in [1.54, 1.807) is 40.1 Å². The number of benzene rings is 2. The first-order valence-electron chi connectivity index (χ1n) is 8.91. The first-order chi connectivity index (χ1) is 14.2. The molecule has 0 bridgehead atoms. The van der Waals surface area contributed by atoms with Crippen LogP contribution in [0.5, 0.6) is 0 Å². The molecule has 0 unspecified atom stereocenters. The van der Waals surface area contributed by atoms with Crippen molar-refractivity contribution in [3.8, 4) is 11.4 Å². The normalized spacial score (nSPS) is 10.7. The molecule has 0 fully saturated rings. The summed E-state index contributed by atoms with van der Waals surface area (Å²) in [6, 6.07) is 12.1. The fourth-order valence-corrected chi connectivity index (χ4v) is 2.85. The molecule has 2 N–H and O–H groups in total. The van der Waals surface area contributed by atoms with Crippen LogP contribution in [0.4, 0.5) is 9.18 Å². The summed E-state index contributed by atoms with van der Waals surface area (Å²) < 4.78 is 17.5. The fourth-order valence-electron chi connectivity index (χ4n) is 2.85. The molecule has 29 heavy (non-hydrogen) atoms. The molecule has 0 aliphatic carbocycles. The molecule has 0 aliphatic heterocycles. The van der Waals surface area contributed by atoms with Gasteiger partial charge < -0.3 is 15.2 Å². The van der Waals surface area contributed by atoms with E-state index in [0.717, 1.165) is 11.3 Å². The van der Waals surface area contributed by atoms with Crippen LogP contribution in [0, 0.1) is 5.82 Å². The van der Waals surface area contributed by atoms with Gasteiger partial charge >= 0.3 is 6.03 Å². The van der Waals surface area contributed by atoms with E-state index in [0.29, 0.717) is 17.8 Å². The number of nitrogens with zero attached hydrogens (tertiary/aromatic N) is 5. The van der Waals surface area contributed by atoms with E-state index in [4.69, 9.17) is 0 Å². The Morgan fingerprint density at radius 2 is 1.83 bits per heavy atom. The van der Waals surface area contributed by atoms with Crippen molar-refractivity contribution >= 4 is 6.03 Å². The smallest absolute Gasteiger partial charge is 0.315 e. The third-order valence-corrected chi connectivity index (χ3v) is 4.29. The van der Waals surface area contributed by atoms with Crippen LogP contribution < -0.4 is 10.6 Å². The molecule has 0 radical (unpaired) electrons. The number of imidazole rings is 1. The molecule has 2 heterocycles. The molecule has 0 saturated carbocycles. The highest BCUT2D eigenvalue weighted by Crippen LogP contribution is 2.15. The Hall–Kier alpha value is -4.01. The minimum atomic E-state index is -0.382. The molecule has 4 aromatic rings. The second-order valence-corrected chi connectivity index (χ2v) is 6.30. The first kappa shape index (κ1) is 18.4. The molecule has 8 nitrogen and oxygen atoms in total. The van der Waals surface area contributed by atoms with E-state index >= 15 is 0 Å². The molecule has 9 heteroatoms. The van der Waals surface area contributed by atoms with Gasteiger partial charge in [0.25, 0.3) is 0 Å². The number of carbonyl (C=O) groups is 1. The molecule has 0 spiro atoms. The summed E-state index contributed by atoms with van der Waals surface area (Å²) in [5, 5.41) is 9.60. The summed E-state index contributed by atoms with van der Waals surface area (Å²) in [5.41, 5.74) is 2.84. The van der Waals surface area contributed by atoms with E-state index in [2.05, 4.69) is 25.7 Å². The van der Waals surface area contributed by atoms with Gasteiger partial charge in [0, 0.05) is 25.5 Å². The lowest BCUT2D eigenvalue weighted by Crippen LogP contribution is -2.34. The summed E-state index contributed by atoms with van der Waals surface area (Å²) in [6.07, 6.45) is 7.85. The van der Waals surface area contributed by atoms with Crippen molar-refractivity contribution in [2.45, 2.75) is 13.1 Å². The Bertz CT molecular complexity index is 1090. The van der Waals surface area contributed by atoms with Gasteiger partial charge in [-0.25, -0.2) is 23.8 Å². The molecule has 4 rings (SSSR count). The van der Waals surface area contributed by atoms with Crippen LogP contribution in [0.15, 0.2) is 73.8 Å².